The molecular formula is C34H68N4. The highest BCUT2D eigenvalue weighted by Crippen LogP contribution is 2.53. The Bertz CT molecular complexity index is 619. The summed E-state index contributed by atoms with van der Waals surface area (Å²) < 4.78 is 0. The van der Waals surface area contributed by atoms with E-state index < -0.39 is 0 Å². The van der Waals surface area contributed by atoms with Crippen molar-refractivity contribution < 1.29 is 0 Å². The van der Waals surface area contributed by atoms with Crippen LogP contribution in [0.3, 0.4) is 0 Å². The third kappa shape index (κ3) is 10.0. The maximum absolute atomic E-state index is 2.61. The molecule has 4 aliphatic heterocycles. The van der Waals surface area contributed by atoms with Crippen LogP contribution in [0.4, 0.5) is 0 Å². The fourth-order valence-corrected chi connectivity index (χ4v) is 7.06. The van der Waals surface area contributed by atoms with E-state index in [1.54, 1.807) is 0 Å². The molecule has 0 radical (unpaired) electrons. The number of nitrogens with zero attached hydrogens (tertiary/aromatic N) is 4. The van der Waals surface area contributed by atoms with Crippen molar-refractivity contribution in [2.75, 3.05) is 52.4 Å². The Morgan fingerprint density at radius 3 is 1.00 bits per heavy atom. The summed E-state index contributed by atoms with van der Waals surface area (Å²) in [5.74, 6) is 0. The maximum Gasteiger partial charge on any atom is 0.00532 e. The first-order valence-electron chi connectivity index (χ1n) is 17.0. The minimum atomic E-state index is 0.769. The summed E-state index contributed by atoms with van der Waals surface area (Å²) >= 11 is 0. The molecule has 6 rings (SSSR count). The van der Waals surface area contributed by atoms with Crippen LogP contribution in [0.25, 0.3) is 0 Å². The summed E-state index contributed by atoms with van der Waals surface area (Å²) in [6, 6.07) is 3.10. The molecule has 4 nitrogen and oxygen atoms in total. The van der Waals surface area contributed by atoms with Crippen LogP contribution in [0.2, 0.25) is 0 Å². The Kier molecular flexibility index (Phi) is 12.9. The zero-order chi connectivity index (χ0) is 27.8. The first-order chi connectivity index (χ1) is 18.0. The normalized spacial score (nSPS) is 26.8. The molecule has 6 aliphatic rings. The molecular weight excluding hydrogens is 464 g/mol. The van der Waals surface area contributed by atoms with E-state index >= 15 is 0 Å². The highest BCUT2D eigenvalue weighted by atomic mass is 15.2. The Morgan fingerprint density at radius 2 is 0.711 bits per heavy atom. The molecule has 4 heteroatoms. The van der Waals surface area contributed by atoms with E-state index in [1.165, 1.54) is 129 Å². The monoisotopic (exact) mass is 533 g/mol. The van der Waals surface area contributed by atoms with Crippen LogP contribution in [0.5, 0.6) is 0 Å². The Labute approximate surface area is 239 Å². The van der Waals surface area contributed by atoms with Crippen molar-refractivity contribution in [3.63, 3.8) is 0 Å². The molecule has 0 aromatic heterocycles. The van der Waals surface area contributed by atoms with E-state index in [0.717, 1.165) is 35.0 Å². The second-order valence-corrected chi connectivity index (χ2v) is 15.0. The lowest BCUT2D eigenvalue weighted by Crippen LogP contribution is -2.61. The van der Waals surface area contributed by atoms with Gasteiger partial charge >= 0.3 is 0 Å². The van der Waals surface area contributed by atoms with Gasteiger partial charge in [0.2, 0.25) is 0 Å². The molecule has 0 atom stereocenters. The van der Waals surface area contributed by atoms with Gasteiger partial charge in [0.15, 0.2) is 0 Å². The van der Waals surface area contributed by atoms with Crippen molar-refractivity contribution in [2.45, 2.75) is 157 Å². The van der Waals surface area contributed by atoms with Gasteiger partial charge in [-0.1, -0.05) is 12.8 Å². The molecule has 0 N–H and O–H groups in total. The zero-order valence-corrected chi connectivity index (χ0v) is 27.2. The number of hydrogen-bond donors (Lipinski definition) is 0. The minimum absolute atomic E-state index is 0.769. The second-order valence-electron chi connectivity index (χ2n) is 15.0. The zero-order valence-electron chi connectivity index (χ0n) is 27.2. The molecule has 2 aliphatic carbocycles. The van der Waals surface area contributed by atoms with Crippen LogP contribution in [0.1, 0.15) is 132 Å². The predicted molar refractivity (Wildman–Crippen MR) is 167 cm³/mol. The van der Waals surface area contributed by atoms with Crippen molar-refractivity contribution in [1.29, 1.82) is 0 Å². The topological polar surface area (TPSA) is 13.0 Å². The van der Waals surface area contributed by atoms with Crippen LogP contribution in [-0.2, 0) is 0 Å². The van der Waals surface area contributed by atoms with Crippen molar-refractivity contribution in [1.82, 2.24) is 19.6 Å². The van der Waals surface area contributed by atoms with E-state index in [-0.39, 0.29) is 0 Å². The number of likely N-dealkylation sites (tertiary alicyclic amines) is 4. The van der Waals surface area contributed by atoms with Gasteiger partial charge in [-0.25, -0.2) is 0 Å². The van der Waals surface area contributed by atoms with Crippen molar-refractivity contribution >= 4 is 0 Å². The van der Waals surface area contributed by atoms with Crippen LogP contribution in [0.15, 0.2) is 0 Å². The molecule has 224 valence electrons. The predicted octanol–water partition coefficient (Wildman–Crippen LogP) is 7.52. The second kappa shape index (κ2) is 15.2. The lowest BCUT2D eigenvalue weighted by molar-refractivity contribution is -0.0758. The summed E-state index contributed by atoms with van der Waals surface area (Å²) in [5, 5.41) is 0. The van der Waals surface area contributed by atoms with Crippen LogP contribution in [0, 0.1) is 10.8 Å². The van der Waals surface area contributed by atoms with Gasteiger partial charge in [-0.2, -0.15) is 0 Å². The third-order valence-electron chi connectivity index (χ3n) is 10.8. The summed E-state index contributed by atoms with van der Waals surface area (Å²) in [6.07, 6.45) is 17.6. The van der Waals surface area contributed by atoms with Gasteiger partial charge in [-0.15, -0.1) is 0 Å². The van der Waals surface area contributed by atoms with Crippen LogP contribution < -0.4 is 0 Å². The molecule has 2 spiro atoms. The van der Waals surface area contributed by atoms with Crippen LogP contribution in [-0.4, -0.2) is 96.1 Å². The number of rotatable bonds is 4. The molecule has 6 fully saturated rings. The molecule has 0 aromatic carbocycles. The van der Waals surface area contributed by atoms with E-state index in [9.17, 15) is 0 Å². The van der Waals surface area contributed by atoms with Gasteiger partial charge in [0.25, 0.3) is 0 Å². The SMILES string of the molecule is CC(C)N1CC2(CCC2)C1.CC(C)N1CCC2(CC1)CC2.CC(C)N1CCCC1.CC(C)N1CCCCC1. The average molecular weight is 533 g/mol. The lowest BCUT2D eigenvalue weighted by atomic mass is 9.63. The Balaban J connectivity index is 0.000000141. The first-order valence-corrected chi connectivity index (χ1v) is 17.0. The van der Waals surface area contributed by atoms with Gasteiger partial charge in [-0.3, -0.25) is 4.90 Å². The van der Waals surface area contributed by atoms with E-state index in [1.807, 2.05) is 0 Å². The Hall–Kier alpha value is -0.160. The van der Waals surface area contributed by atoms with E-state index in [4.69, 9.17) is 0 Å². The summed E-state index contributed by atoms with van der Waals surface area (Å²) in [6.45, 7) is 29.1. The van der Waals surface area contributed by atoms with Gasteiger partial charge in [0.1, 0.15) is 0 Å². The van der Waals surface area contributed by atoms with Crippen molar-refractivity contribution in [2.24, 2.45) is 10.8 Å². The molecule has 4 heterocycles. The third-order valence-corrected chi connectivity index (χ3v) is 10.8. The largest absolute Gasteiger partial charge is 0.301 e. The summed E-state index contributed by atoms with van der Waals surface area (Å²) in [7, 11) is 0. The maximum atomic E-state index is 2.61. The summed E-state index contributed by atoms with van der Waals surface area (Å²) in [5.41, 5.74) is 1.68. The molecule has 0 unspecified atom stereocenters. The quantitative estimate of drug-likeness (QED) is 0.371. The van der Waals surface area contributed by atoms with Gasteiger partial charge < -0.3 is 14.7 Å². The summed E-state index contributed by atoms with van der Waals surface area (Å²) in [4.78, 5) is 10.3. The minimum Gasteiger partial charge on any atom is -0.301 e. The number of hydrogen-bond acceptors (Lipinski definition) is 4. The highest BCUT2D eigenvalue weighted by Gasteiger charge is 2.47. The fraction of sp³-hybridized carbons (Fsp3) is 1.00. The van der Waals surface area contributed by atoms with E-state index in [2.05, 4.69) is 75.0 Å². The standard InChI is InChI=1S/C10H19N.C9H17N.C8H17N.C7H15N/c1-9(2)11-7-5-10(3-4-10)6-8-11;1-8(2)10-6-9(7-10)4-3-5-9;1-8(2)9-6-4-3-5-7-9;1-7(2)8-5-3-4-6-8/h9H,3-8H2,1-2H3;8H,3-7H2,1-2H3;8H,3-7H2,1-2H3;7H,3-6H2,1-2H3. The number of piperidine rings is 2. The van der Waals surface area contributed by atoms with Gasteiger partial charge in [0.05, 0.1) is 0 Å². The molecule has 2 saturated carbocycles. The molecule has 0 amide bonds. The molecule has 38 heavy (non-hydrogen) atoms. The molecule has 4 saturated heterocycles. The van der Waals surface area contributed by atoms with E-state index in [0.29, 0.717) is 0 Å². The smallest absolute Gasteiger partial charge is 0.00532 e. The Morgan fingerprint density at radius 1 is 0.342 bits per heavy atom. The lowest BCUT2D eigenvalue weighted by Gasteiger charge is -2.57. The highest BCUT2D eigenvalue weighted by molar-refractivity contribution is 5.01. The molecule has 0 aromatic rings. The first kappa shape index (κ1) is 32.4. The van der Waals surface area contributed by atoms with Gasteiger partial charge in [0, 0.05) is 37.3 Å². The van der Waals surface area contributed by atoms with Gasteiger partial charge in [-0.05, 0) is 170 Å². The van der Waals surface area contributed by atoms with Crippen molar-refractivity contribution in [3.8, 4) is 0 Å². The average Bonchev–Trinajstić information content (AvgIpc) is 3.35. The molecule has 0 bridgehead atoms. The van der Waals surface area contributed by atoms with Crippen LogP contribution >= 0.6 is 0 Å². The fourth-order valence-electron chi connectivity index (χ4n) is 7.06. The van der Waals surface area contributed by atoms with Crippen molar-refractivity contribution in [3.05, 3.63) is 0 Å².